The third-order valence-corrected chi connectivity index (χ3v) is 5.24. The molecule has 0 spiro atoms. The Hall–Kier alpha value is -1.11. The summed E-state index contributed by atoms with van der Waals surface area (Å²) in [5.41, 5.74) is 1.97. The second kappa shape index (κ2) is 6.56. The molecule has 112 valence electrons. The molecule has 5 nitrogen and oxygen atoms in total. The number of sulfonamides is 1. The van der Waals surface area contributed by atoms with Gasteiger partial charge in [-0.15, -0.1) is 0 Å². The fraction of sp³-hybridized carbons (Fsp3) is 0.571. The van der Waals surface area contributed by atoms with E-state index in [1.165, 1.54) is 19.9 Å². The van der Waals surface area contributed by atoms with E-state index in [0.29, 0.717) is 10.8 Å². The van der Waals surface area contributed by atoms with Crippen LogP contribution >= 0.6 is 0 Å². The van der Waals surface area contributed by atoms with Crippen molar-refractivity contribution in [2.75, 3.05) is 32.0 Å². The zero-order valence-corrected chi connectivity index (χ0v) is 12.9. The molecule has 0 unspecified atom stereocenters. The van der Waals surface area contributed by atoms with Crippen molar-refractivity contribution in [3.63, 3.8) is 0 Å². The van der Waals surface area contributed by atoms with Gasteiger partial charge in [0.25, 0.3) is 0 Å². The highest BCUT2D eigenvalue weighted by atomic mass is 32.2. The molecule has 1 aromatic rings. The molecule has 1 saturated heterocycles. The van der Waals surface area contributed by atoms with Crippen LogP contribution in [0.4, 0.5) is 5.69 Å². The van der Waals surface area contributed by atoms with E-state index in [-0.39, 0.29) is 0 Å². The molecule has 1 aliphatic rings. The topological polar surface area (TPSA) is 70.2 Å². The van der Waals surface area contributed by atoms with Crippen LogP contribution in [-0.4, -0.2) is 35.1 Å². The Morgan fingerprint density at radius 2 is 2.00 bits per heavy atom. The van der Waals surface area contributed by atoms with Crippen LogP contribution in [0, 0.1) is 12.8 Å². The number of piperidine rings is 1. The normalized spacial score (nSPS) is 17.1. The first kappa shape index (κ1) is 15.3. The molecule has 3 N–H and O–H groups in total. The van der Waals surface area contributed by atoms with Gasteiger partial charge < -0.3 is 10.6 Å². The van der Waals surface area contributed by atoms with Crippen LogP contribution in [0.2, 0.25) is 0 Å². The standard InChI is InChI=1S/C14H23N3O2S/c1-11-3-4-13(20(18,19)15-2)9-14(11)17-10-12-5-7-16-8-6-12/h3-4,9,12,15-17H,5-8,10H2,1-2H3. The van der Waals surface area contributed by atoms with Gasteiger partial charge in [-0.25, -0.2) is 13.1 Å². The maximum atomic E-state index is 11.8. The summed E-state index contributed by atoms with van der Waals surface area (Å²) < 4.78 is 26.0. The predicted octanol–water partition coefficient (Wildman–Crippen LogP) is 1.31. The zero-order valence-electron chi connectivity index (χ0n) is 12.1. The second-order valence-electron chi connectivity index (χ2n) is 5.26. The van der Waals surface area contributed by atoms with E-state index in [2.05, 4.69) is 15.4 Å². The highest BCUT2D eigenvalue weighted by Gasteiger charge is 2.15. The number of benzene rings is 1. The summed E-state index contributed by atoms with van der Waals surface area (Å²) in [6, 6.07) is 5.19. The molecular formula is C14H23N3O2S. The van der Waals surface area contributed by atoms with Crippen molar-refractivity contribution in [3.8, 4) is 0 Å². The Bertz CT molecular complexity index is 552. The maximum Gasteiger partial charge on any atom is 0.240 e. The van der Waals surface area contributed by atoms with Crippen LogP contribution in [0.15, 0.2) is 23.1 Å². The molecule has 0 amide bonds. The average molecular weight is 297 g/mol. The molecule has 6 heteroatoms. The molecule has 0 aliphatic carbocycles. The van der Waals surface area contributed by atoms with E-state index in [1.54, 1.807) is 12.1 Å². The minimum Gasteiger partial charge on any atom is -0.385 e. The lowest BCUT2D eigenvalue weighted by Crippen LogP contribution is -2.31. The molecule has 1 fully saturated rings. The van der Waals surface area contributed by atoms with Gasteiger partial charge >= 0.3 is 0 Å². The quantitative estimate of drug-likeness (QED) is 0.766. The Morgan fingerprint density at radius 3 is 2.65 bits per heavy atom. The lowest BCUT2D eigenvalue weighted by atomic mass is 9.98. The Kier molecular flexibility index (Phi) is 5.01. The minimum absolute atomic E-state index is 0.304. The van der Waals surface area contributed by atoms with Crippen LogP contribution in [0.25, 0.3) is 0 Å². The molecule has 1 aliphatic heterocycles. The first-order valence-corrected chi connectivity index (χ1v) is 8.50. The molecule has 0 atom stereocenters. The fourth-order valence-electron chi connectivity index (χ4n) is 2.42. The summed E-state index contributed by atoms with van der Waals surface area (Å²) in [6.07, 6.45) is 2.33. The van der Waals surface area contributed by atoms with Gasteiger partial charge in [0, 0.05) is 12.2 Å². The van der Waals surface area contributed by atoms with Crippen molar-refractivity contribution in [2.45, 2.75) is 24.7 Å². The molecule has 0 aromatic heterocycles. The Morgan fingerprint density at radius 1 is 1.30 bits per heavy atom. The van der Waals surface area contributed by atoms with Crippen molar-refractivity contribution in [1.29, 1.82) is 0 Å². The number of hydrogen-bond donors (Lipinski definition) is 3. The van der Waals surface area contributed by atoms with E-state index in [0.717, 1.165) is 30.9 Å². The third-order valence-electron chi connectivity index (χ3n) is 3.83. The van der Waals surface area contributed by atoms with Crippen LogP contribution in [0.5, 0.6) is 0 Å². The maximum absolute atomic E-state index is 11.8. The summed E-state index contributed by atoms with van der Waals surface area (Å²) in [6.45, 7) is 5.02. The van der Waals surface area contributed by atoms with Gasteiger partial charge in [0.15, 0.2) is 0 Å². The largest absolute Gasteiger partial charge is 0.385 e. The summed E-state index contributed by atoms with van der Waals surface area (Å²) in [4.78, 5) is 0.304. The summed E-state index contributed by atoms with van der Waals surface area (Å²) in [5, 5.41) is 6.74. The van der Waals surface area contributed by atoms with Crippen LogP contribution in [0.3, 0.4) is 0 Å². The van der Waals surface area contributed by atoms with Gasteiger partial charge in [0.05, 0.1) is 4.90 Å². The van der Waals surface area contributed by atoms with Gasteiger partial charge in [-0.2, -0.15) is 0 Å². The Balaban J connectivity index is 2.08. The van der Waals surface area contributed by atoms with E-state index in [4.69, 9.17) is 0 Å². The third kappa shape index (κ3) is 3.71. The summed E-state index contributed by atoms with van der Waals surface area (Å²) in [7, 11) is -1.95. The molecule has 20 heavy (non-hydrogen) atoms. The van der Waals surface area contributed by atoms with Crippen LogP contribution < -0.4 is 15.4 Å². The van der Waals surface area contributed by atoms with E-state index >= 15 is 0 Å². The van der Waals surface area contributed by atoms with Crippen LogP contribution in [-0.2, 0) is 10.0 Å². The van der Waals surface area contributed by atoms with Gasteiger partial charge in [0.1, 0.15) is 0 Å². The number of rotatable bonds is 5. The summed E-state index contributed by atoms with van der Waals surface area (Å²) in [5.74, 6) is 0.653. The van der Waals surface area contributed by atoms with Gasteiger partial charge in [-0.1, -0.05) is 6.07 Å². The van der Waals surface area contributed by atoms with Gasteiger partial charge in [-0.05, 0) is 63.5 Å². The monoisotopic (exact) mass is 297 g/mol. The number of aryl methyl sites for hydroxylation is 1. The smallest absolute Gasteiger partial charge is 0.240 e. The van der Waals surface area contributed by atoms with Crippen LogP contribution in [0.1, 0.15) is 18.4 Å². The SMILES string of the molecule is CNS(=O)(=O)c1ccc(C)c(NCC2CCNCC2)c1. The van der Waals surface area contributed by atoms with E-state index in [1.807, 2.05) is 13.0 Å². The zero-order chi connectivity index (χ0) is 14.6. The van der Waals surface area contributed by atoms with Crippen molar-refractivity contribution < 1.29 is 8.42 Å². The van der Waals surface area contributed by atoms with Gasteiger partial charge in [-0.3, -0.25) is 0 Å². The molecular weight excluding hydrogens is 274 g/mol. The number of nitrogens with one attached hydrogen (secondary N) is 3. The van der Waals surface area contributed by atoms with Crippen molar-refractivity contribution in [1.82, 2.24) is 10.0 Å². The van der Waals surface area contributed by atoms with Crippen molar-refractivity contribution in [3.05, 3.63) is 23.8 Å². The average Bonchev–Trinajstić information content (AvgIpc) is 2.47. The minimum atomic E-state index is -3.38. The second-order valence-corrected chi connectivity index (χ2v) is 7.15. The molecule has 0 radical (unpaired) electrons. The molecule has 1 aromatic carbocycles. The molecule has 1 heterocycles. The van der Waals surface area contributed by atoms with Crippen molar-refractivity contribution >= 4 is 15.7 Å². The van der Waals surface area contributed by atoms with E-state index < -0.39 is 10.0 Å². The fourth-order valence-corrected chi connectivity index (χ4v) is 3.17. The molecule has 0 bridgehead atoms. The van der Waals surface area contributed by atoms with Crippen molar-refractivity contribution in [2.24, 2.45) is 5.92 Å². The highest BCUT2D eigenvalue weighted by molar-refractivity contribution is 7.89. The van der Waals surface area contributed by atoms with E-state index in [9.17, 15) is 8.42 Å². The predicted molar refractivity (Wildman–Crippen MR) is 81.5 cm³/mol. The lowest BCUT2D eigenvalue weighted by molar-refractivity contribution is 0.390. The van der Waals surface area contributed by atoms with Gasteiger partial charge in [0.2, 0.25) is 10.0 Å². The Labute approximate surface area is 121 Å². The summed E-state index contributed by atoms with van der Waals surface area (Å²) >= 11 is 0. The number of anilines is 1. The highest BCUT2D eigenvalue weighted by Crippen LogP contribution is 2.21. The first-order valence-electron chi connectivity index (χ1n) is 7.02. The first-order chi connectivity index (χ1) is 9.53. The number of hydrogen-bond acceptors (Lipinski definition) is 4. The molecule has 0 saturated carbocycles. The lowest BCUT2D eigenvalue weighted by Gasteiger charge is -2.23. The molecule has 2 rings (SSSR count).